The minimum Gasteiger partial charge on any atom is -0.495 e. The SMILES string of the molecule is COc1ccccc1-n1c(=O)nc2n(Cc3ccc(Cl)nc3)cccc-2c1=O. The second-order valence-corrected chi connectivity index (χ2v) is 6.46. The van der Waals surface area contributed by atoms with Gasteiger partial charge in [0.2, 0.25) is 0 Å². The summed E-state index contributed by atoms with van der Waals surface area (Å²) in [5.41, 5.74) is 0.422. The zero-order valence-corrected chi connectivity index (χ0v) is 15.6. The summed E-state index contributed by atoms with van der Waals surface area (Å²) in [6, 6.07) is 13.7. The monoisotopic (exact) mass is 394 g/mol. The van der Waals surface area contributed by atoms with Crippen LogP contribution in [0.25, 0.3) is 17.1 Å². The Kier molecular flexibility index (Phi) is 4.67. The molecule has 2 aliphatic rings. The van der Waals surface area contributed by atoms with Crippen molar-refractivity contribution in [2.75, 3.05) is 7.11 Å². The molecule has 4 rings (SSSR count). The molecule has 0 fully saturated rings. The van der Waals surface area contributed by atoms with Crippen molar-refractivity contribution < 1.29 is 4.74 Å². The third kappa shape index (κ3) is 3.16. The fourth-order valence-electron chi connectivity index (χ4n) is 3.03. The second kappa shape index (κ2) is 7.28. The minimum absolute atomic E-state index is 0.304. The summed E-state index contributed by atoms with van der Waals surface area (Å²) in [6.07, 6.45) is 3.40. The zero-order chi connectivity index (χ0) is 19.7. The van der Waals surface area contributed by atoms with E-state index in [0.29, 0.717) is 34.5 Å². The Labute approximate surface area is 164 Å². The smallest absolute Gasteiger partial charge is 0.357 e. The lowest BCUT2D eigenvalue weighted by Crippen LogP contribution is -2.37. The Balaban J connectivity index is 1.88. The first-order chi connectivity index (χ1) is 13.6. The molecule has 0 spiro atoms. The molecule has 3 heterocycles. The van der Waals surface area contributed by atoms with E-state index in [1.807, 2.05) is 6.07 Å². The van der Waals surface area contributed by atoms with Crippen LogP contribution in [0.4, 0.5) is 0 Å². The molecule has 0 radical (unpaired) electrons. The summed E-state index contributed by atoms with van der Waals surface area (Å²) in [4.78, 5) is 34.0. The highest BCUT2D eigenvalue weighted by Crippen LogP contribution is 2.21. The molecule has 28 heavy (non-hydrogen) atoms. The number of ether oxygens (including phenoxy) is 1. The molecule has 0 atom stereocenters. The van der Waals surface area contributed by atoms with Gasteiger partial charge in [-0.25, -0.2) is 14.3 Å². The topological polar surface area (TPSA) is 79.0 Å². The van der Waals surface area contributed by atoms with E-state index in [1.165, 1.54) is 7.11 Å². The van der Waals surface area contributed by atoms with Gasteiger partial charge in [0.15, 0.2) is 5.82 Å². The number of fused-ring (bicyclic) bond motifs is 1. The molecule has 0 unspecified atom stereocenters. The van der Waals surface area contributed by atoms with Crippen LogP contribution in [-0.2, 0) is 6.54 Å². The lowest BCUT2D eigenvalue weighted by atomic mass is 10.2. The molecular formula is C20H15ClN4O3. The molecule has 0 N–H and O–H groups in total. The van der Waals surface area contributed by atoms with E-state index >= 15 is 0 Å². The third-order valence-electron chi connectivity index (χ3n) is 4.34. The van der Waals surface area contributed by atoms with Crippen LogP contribution in [-0.4, -0.2) is 26.2 Å². The number of halogens is 1. The highest BCUT2D eigenvalue weighted by molar-refractivity contribution is 6.29. The van der Waals surface area contributed by atoms with Crippen LogP contribution in [0.3, 0.4) is 0 Å². The second-order valence-electron chi connectivity index (χ2n) is 6.07. The van der Waals surface area contributed by atoms with E-state index in [0.717, 1.165) is 10.1 Å². The average molecular weight is 395 g/mol. The van der Waals surface area contributed by atoms with Crippen molar-refractivity contribution in [2.24, 2.45) is 0 Å². The number of para-hydroxylation sites is 2. The molecule has 0 bridgehead atoms. The standard InChI is InChI=1S/C20H15ClN4O3/c1-28-16-7-3-2-6-15(16)25-19(26)14-5-4-10-24(18(14)23-20(25)27)12-13-8-9-17(21)22-11-13/h2-11H,12H2,1H3. The Hall–Kier alpha value is -3.45. The first kappa shape index (κ1) is 17.9. The van der Waals surface area contributed by atoms with Gasteiger partial charge in [0.05, 0.1) is 24.9 Å². The molecule has 8 heteroatoms. The summed E-state index contributed by atoms with van der Waals surface area (Å²) in [6.45, 7) is 0.395. The fourth-order valence-corrected chi connectivity index (χ4v) is 3.15. The van der Waals surface area contributed by atoms with E-state index in [4.69, 9.17) is 16.3 Å². The van der Waals surface area contributed by atoms with Gasteiger partial charge in [0.25, 0.3) is 5.56 Å². The lowest BCUT2D eigenvalue weighted by molar-refractivity contribution is 0.412. The van der Waals surface area contributed by atoms with Gasteiger partial charge in [-0.05, 0) is 35.9 Å². The molecule has 1 aromatic carbocycles. The number of nitrogens with zero attached hydrogens (tertiary/aromatic N) is 4. The number of benzene rings is 1. The van der Waals surface area contributed by atoms with Gasteiger partial charge in [-0.3, -0.25) is 4.79 Å². The molecule has 0 saturated heterocycles. The van der Waals surface area contributed by atoms with Crippen LogP contribution in [0.1, 0.15) is 5.56 Å². The Morgan fingerprint density at radius 2 is 1.89 bits per heavy atom. The van der Waals surface area contributed by atoms with Gasteiger partial charge >= 0.3 is 5.69 Å². The number of hydrogen-bond donors (Lipinski definition) is 0. The number of rotatable bonds is 4. The maximum Gasteiger partial charge on any atom is 0.357 e. The quantitative estimate of drug-likeness (QED) is 0.497. The molecule has 2 aromatic rings. The highest BCUT2D eigenvalue weighted by Gasteiger charge is 2.19. The van der Waals surface area contributed by atoms with E-state index in [9.17, 15) is 9.59 Å². The maximum atomic E-state index is 13.1. The van der Waals surface area contributed by atoms with Crippen molar-refractivity contribution in [1.29, 1.82) is 0 Å². The van der Waals surface area contributed by atoms with Gasteiger partial charge in [-0.15, -0.1) is 0 Å². The summed E-state index contributed by atoms with van der Waals surface area (Å²) in [5.74, 6) is 0.720. The van der Waals surface area contributed by atoms with Gasteiger partial charge < -0.3 is 9.30 Å². The molecule has 140 valence electrons. The van der Waals surface area contributed by atoms with Crippen molar-refractivity contribution in [1.82, 2.24) is 19.1 Å². The van der Waals surface area contributed by atoms with Crippen molar-refractivity contribution in [3.63, 3.8) is 0 Å². The third-order valence-corrected chi connectivity index (χ3v) is 4.56. The van der Waals surface area contributed by atoms with Crippen molar-refractivity contribution >= 4 is 11.6 Å². The highest BCUT2D eigenvalue weighted by atomic mass is 35.5. The molecule has 0 amide bonds. The number of methoxy groups -OCH3 is 1. The first-order valence-electron chi connectivity index (χ1n) is 8.44. The predicted molar refractivity (Wildman–Crippen MR) is 106 cm³/mol. The maximum absolute atomic E-state index is 13.1. The summed E-state index contributed by atoms with van der Waals surface area (Å²) >= 11 is 5.83. The minimum atomic E-state index is -0.670. The van der Waals surface area contributed by atoms with Crippen molar-refractivity contribution in [3.05, 3.63) is 92.5 Å². The van der Waals surface area contributed by atoms with E-state index in [-0.39, 0.29) is 0 Å². The fraction of sp³-hybridized carbons (Fsp3) is 0.100. The van der Waals surface area contributed by atoms with Gasteiger partial charge in [0, 0.05) is 12.4 Å². The van der Waals surface area contributed by atoms with Crippen LogP contribution in [0.15, 0.2) is 70.5 Å². The first-order valence-corrected chi connectivity index (χ1v) is 8.82. The van der Waals surface area contributed by atoms with Crippen LogP contribution in [0.2, 0.25) is 5.15 Å². The predicted octanol–water partition coefficient (Wildman–Crippen LogP) is 2.60. The van der Waals surface area contributed by atoms with Crippen molar-refractivity contribution in [2.45, 2.75) is 6.54 Å². The van der Waals surface area contributed by atoms with E-state index in [2.05, 4.69) is 9.97 Å². The van der Waals surface area contributed by atoms with Crippen LogP contribution >= 0.6 is 11.6 Å². The summed E-state index contributed by atoms with van der Waals surface area (Å²) < 4.78 is 8.04. The van der Waals surface area contributed by atoms with Gasteiger partial charge in [-0.2, -0.15) is 4.98 Å². The number of pyridine rings is 2. The Morgan fingerprint density at radius 1 is 1.07 bits per heavy atom. The van der Waals surface area contributed by atoms with Crippen LogP contribution < -0.4 is 16.0 Å². The van der Waals surface area contributed by atoms with Crippen LogP contribution in [0, 0.1) is 0 Å². The van der Waals surface area contributed by atoms with Crippen molar-refractivity contribution in [3.8, 4) is 22.8 Å². The molecule has 2 aliphatic heterocycles. The largest absolute Gasteiger partial charge is 0.495 e. The molecule has 7 nitrogen and oxygen atoms in total. The summed E-state index contributed by atoms with van der Waals surface area (Å²) in [7, 11) is 1.48. The average Bonchev–Trinajstić information content (AvgIpc) is 2.71. The Morgan fingerprint density at radius 3 is 2.64 bits per heavy atom. The lowest BCUT2D eigenvalue weighted by Gasteiger charge is -2.16. The van der Waals surface area contributed by atoms with Gasteiger partial charge in [-0.1, -0.05) is 29.8 Å². The number of aromatic nitrogens is 4. The number of hydrogen-bond acceptors (Lipinski definition) is 5. The van der Waals surface area contributed by atoms with E-state index < -0.39 is 11.2 Å². The molecule has 0 aliphatic carbocycles. The Bertz CT molecular complexity index is 1230. The molecular weight excluding hydrogens is 380 g/mol. The molecule has 0 saturated carbocycles. The van der Waals surface area contributed by atoms with E-state index in [1.54, 1.807) is 59.4 Å². The van der Waals surface area contributed by atoms with Crippen LogP contribution in [0.5, 0.6) is 5.75 Å². The normalized spacial score (nSPS) is 10.9. The molecule has 1 aromatic heterocycles. The summed E-state index contributed by atoms with van der Waals surface area (Å²) in [5, 5.41) is 0.395. The van der Waals surface area contributed by atoms with Gasteiger partial charge in [0.1, 0.15) is 10.9 Å². The zero-order valence-electron chi connectivity index (χ0n) is 14.9.